The van der Waals surface area contributed by atoms with E-state index in [0.717, 1.165) is 172 Å². The average Bonchev–Trinajstić information content (AvgIpc) is 1.55. The molecule has 0 bridgehead atoms. The molecule has 0 spiro atoms. The van der Waals surface area contributed by atoms with Crippen LogP contribution in [0.25, 0.3) is 110 Å². The van der Waals surface area contributed by atoms with Gasteiger partial charge in [0, 0.05) is 129 Å². The smallest absolute Gasteiger partial charge is 0.233 e. The molecule has 8 aromatic carbocycles. The van der Waals surface area contributed by atoms with E-state index >= 15 is 0 Å². The highest BCUT2D eigenvalue weighted by molar-refractivity contribution is 7.22. The summed E-state index contributed by atoms with van der Waals surface area (Å²) >= 11 is 5.69. The topological polar surface area (TPSA) is 332 Å². The molecule has 29 heteroatoms. The molecule has 142 heavy (non-hydrogen) atoms. The van der Waals surface area contributed by atoms with Crippen molar-refractivity contribution in [3.05, 3.63) is 408 Å². The van der Waals surface area contributed by atoms with Crippen LogP contribution in [0.4, 0.5) is 26.3 Å². The minimum atomic E-state index is -0.210. The summed E-state index contributed by atoms with van der Waals surface area (Å²) in [4.78, 5) is 118. The number of pyridine rings is 7. The number of carbonyl (C=O) groups excluding carboxylic acids is 5. The highest BCUT2D eigenvalue weighted by Gasteiger charge is 2.19. The molecule has 704 valence electrons. The molecule has 20 rings (SSSR count). The summed E-state index contributed by atoms with van der Waals surface area (Å²) in [5, 5.41) is 20.6. The Kier molecular flexibility index (Phi) is 33.0. The number of aryl methyl sites for hydroxylation is 6. The van der Waals surface area contributed by atoms with Gasteiger partial charge in [0.1, 0.15) is 23.1 Å². The summed E-state index contributed by atoms with van der Waals surface area (Å²) in [6, 6.07) is 91.0. The number of fused-ring (bicyclic) bond motifs is 2. The molecule has 0 aliphatic carbocycles. The number of nitrogens with one attached hydrogen (secondary N) is 5. The van der Waals surface area contributed by atoms with Crippen LogP contribution in [0.3, 0.4) is 0 Å². The van der Waals surface area contributed by atoms with Gasteiger partial charge in [-0.25, -0.2) is 34.9 Å². The lowest BCUT2D eigenvalue weighted by atomic mass is 9.97. The lowest BCUT2D eigenvalue weighted by Gasteiger charge is -2.09. The van der Waals surface area contributed by atoms with Crippen molar-refractivity contribution >= 4 is 122 Å². The maximum Gasteiger partial charge on any atom is 0.233 e. The molecule has 5 amide bonds. The number of hydrogen-bond donors (Lipinski definition) is 5. The van der Waals surface area contributed by atoms with Crippen molar-refractivity contribution in [1.29, 1.82) is 0 Å². The van der Waals surface area contributed by atoms with Crippen molar-refractivity contribution in [3.8, 4) is 101 Å². The minimum absolute atomic E-state index is 0.0640. The molecular formula is C113H96N18O7S4. The van der Waals surface area contributed by atoms with Crippen LogP contribution < -0.4 is 36.1 Å². The fourth-order valence-electron chi connectivity index (χ4n) is 15.0. The molecular weight excluding hydrogens is 1850 g/mol. The molecule has 0 atom stereocenters. The first kappa shape index (κ1) is 97.9. The van der Waals surface area contributed by atoms with Crippen LogP contribution in [-0.4, -0.2) is 109 Å². The highest BCUT2D eigenvalue weighted by atomic mass is 32.1. The van der Waals surface area contributed by atoms with E-state index in [9.17, 15) is 24.0 Å². The number of ether oxygens (including phenoxy) is 2. The SMILES string of the molecule is COc1ccc2nc(NC(=O)Cc3ccc(-c4ccnc(C)c4)cn3)sc2c1.COc1ccc2nc(NC(=O)Cc3ncc(-c4ccnc(C)c4)cn3)sc2c1.Cc1cc(-c2ccc(CC(=O)Nc3ccc(-c4ccccc4)cn3)cc2)ccn1.Cc1cc(-c2ccc(CC(=O)Nc3nc(-c4ccccc4)cs3)cc2)ccn1.Cc1cc(-c2ccc(CC(=O)Nc3nc(-c4ccccc4)cs3)cc2C)ccn1. The van der Waals surface area contributed by atoms with Crippen LogP contribution in [0, 0.1) is 41.5 Å². The Hall–Kier alpha value is -17.1. The van der Waals surface area contributed by atoms with Gasteiger partial charge < -0.3 is 36.1 Å². The zero-order valence-corrected chi connectivity index (χ0v) is 82.0. The number of aromatic nitrogens is 13. The second kappa shape index (κ2) is 47.8. The third-order valence-corrected chi connectivity index (χ3v) is 25.5. The van der Waals surface area contributed by atoms with Crippen molar-refractivity contribution < 1.29 is 33.4 Å². The van der Waals surface area contributed by atoms with Crippen molar-refractivity contribution in [2.45, 2.75) is 73.6 Å². The lowest BCUT2D eigenvalue weighted by molar-refractivity contribution is -0.116. The van der Waals surface area contributed by atoms with Crippen LogP contribution in [-0.2, 0) is 56.1 Å². The predicted molar refractivity (Wildman–Crippen MR) is 569 cm³/mol. The maximum atomic E-state index is 12.5. The molecule has 0 fully saturated rings. The minimum Gasteiger partial charge on any atom is -0.497 e. The lowest BCUT2D eigenvalue weighted by Crippen LogP contribution is -2.15. The zero-order chi connectivity index (χ0) is 98.6. The monoisotopic (exact) mass is 1940 g/mol. The number of thiazole rings is 4. The number of nitrogens with zero attached hydrogens (tertiary/aromatic N) is 13. The van der Waals surface area contributed by atoms with Crippen molar-refractivity contribution in [2.75, 3.05) is 40.8 Å². The quantitative estimate of drug-likeness (QED) is 0.0355. The standard InChI is InChI=1S/C25H21N3O.C24H21N3OS.C23H19N3OS.C21H18N4O2S.C20H17N5O2S/c1-18-15-22(13-14-26-18)21-9-7-19(8-10-21)16-25(29)28-24-12-11-23(17-27-24)20-5-3-2-4-6-20;1-16-12-18(8-9-21(16)20-10-11-25-17(2)13-20)14-23(28)27-24-26-22(15-29-24)19-6-4-3-5-7-19;1-16-13-20(11-12-24-16)18-9-7-17(8-10-18)14-22(27)26-23-25-21(15-28-23)19-5-3-2-4-6-19;1-13-9-14(7-8-22-13)15-3-4-16(23-12-15)10-20(26)25-21-24-18-6-5-17(27-2)11-19(18)28-21;1-12-7-13(5-6-21-12)14-10-22-18(23-11-14)9-19(26)25-20-24-16-4-3-15(27-2)8-17(16)28-20/h2-15,17H,16H2,1H3,(H,27,28,29);3-13,15H,14H2,1-2H3,(H,26,27,28);2-13,15H,14H2,1H3,(H,25,26,27);3-9,11-12H,10H2,1-2H3,(H,24,25,26);3-8,10-11H,9H2,1-2H3,(H,24,25,26). The third-order valence-electron chi connectivity index (χ3n) is 22.1. The van der Waals surface area contributed by atoms with E-state index in [4.69, 9.17) is 9.47 Å². The number of anilines is 5. The maximum absolute atomic E-state index is 12.5. The fourth-order valence-corrected chi connectivity index (χ4v) is 18.3. The Labute approximate surface area is 837 Å². The average molecular weight is 1950 g/mol. The molecule has 0 aliphatic rings. The van der Waals surface area contributed by atoms with Gasteiger partial charge in [0.2, 0.25) is 29.5 Å². The summed E-state index contributed by atoms with van der Waals surface area (Å²) in [6.45, 7) is 11.9. The Balaban J connectivity index is 0.000000128. The molecule has 0 unspecified atom stereocenters. The largest absolute Gasteiger partial charge is 0.497 e. The summed E-state index contributed by atoms with van der Waals surface area (Å²) in [5.41, 5.74) is 27.9. The highest BCUT2D eigenvalue weighted by Crippen LogP contribution is 2.35. The van der Waals surface area contributed by atoms with Crippen molar-refractivity contribution in [3.63, 3.8) is 0 Å². The Morgan fingerprint density at radius 2 is 0.648 bits per heavy atom. The predicted octanol–water partition coefficient (Wildman–Crippen LogP) is 24.2. The molecule has 0 aliphatic heterocycles. The second-order valence-corrected chi connectivity index (χ2v) is 36.6. The Bertz CT molecular complexity index is 7570. The van der Waals surface area contributed by atoms with Gasteiger partial charge in [-0.3, -0.25) is 53.9 Å². The number of benzene rings is 8. The van der Waals surface area contributed by atoms with Gasteiger partial charge in [0.15, 0.2) is 20.5 Å². The van der Waals surface area contributed by atoms with E-state index in [0.29, 0.717) is 57.1 Å². The van der Waals surface area contributed by atoms with E-state index in [1.165, 1.54) is 45.3 Å². The summed E-state index contributed by atoms with van der Waals surface area (Å²) in [5.74, 6) is 1.96. The van der Waals surface area contributed by atoms with Gasteiger partial charge in [0.25, 0.3) is 0 Å². The van der Waals surface area contributed by atoms with Gasteiger partial charge in [-0.1, -0.05) is 186 Å². The molecule has 0 radical (unpaired) electrons. The normalized spacial score (nSPS) is 10.7. The van der Waals surface area contributed by atoms with Crippen LogP contribution in [0.2, 0.25) is 0 Å². The van der Waals surface area contributed by atoms with Crippen LogP contribution in [0.15, 0.2) is 346 Å². The molecule has 20 aromatic rings. The molecule has 5 N–H and O–H groups in total. The molecule has 25 nitrogen and oxygen atoms in total. The van der Waals surface area contributed by atoms with Crippen LogP contribution in [0.1, 0.15) is 62.2 Å². The van der Waals surface area contributed by atoms with Crippen molar-refractivity contribution in [2.24, 2.45) is 0 Å². The molecule has 0 saturated carbocycles. The van der Waals surface area contributed by atoms with Crippen LogP contribution in [0.5, 0.6) is 11.5 Å². The van der Waals surface area contributed by atoms with Crippen LogP contribution >= 0.6 is 45.3 Å². The molecule has 12 heterocycles. The van der Waals surface area contributed by atoms with E-state index in [1.54, 1.807) is 51.4 Å². The van der Waals surface area contributed by atoms with Gasteiger partial charge >= 0.3 is 0 Å². The summed E-state index contributed by atoms with van der Waals surface area (Å²) < 4.78 is 12.3. The Morgan fingerprint density at radius 1 is 0.282 bits per heavy atom. The zero-order valence-electron chi connectivity index (χ0n) is 78.7. The van der Waals surface area contributed by atoms with E-state index in [-0.39, 0.29) is 42.4 Å². The van der Waals surface area contributed by atoms with Gasteiger partial charge in [-0.05, 0) is 229 Å². The van der Waals surface area contributed by atoms with E-state index in [2.05, 4.69) is 123 Å². The number of methoxy groups -OCH3 is 2. The van der Waals surface area contributed by atoms with E-state index in [1.807, 2.05) is 319 Å². The van der Waals surface area contributed by atoms with Gasteiger partial charge in [-0.15, -0.1) is 22.7 Å². The first-order valence-corrected chi connectivity index (χ1v) is 48.6. The molecule has 0 saturated heterocycles. The first-order chi connectivity index (χ1) is 69.1. The van der Waals surface area contributed by atoms with Crippen molar-refractivity contribution in [1.82, 2.24) is 64.8 Å². The molecule has 12 aromatic heterocycles. The number of amides is 5. The summed E-state index contributed by atoms with van der Waals surface area (Å²) in [6.07, 6.45) is 17.2. The fraction of sp³-hybridized carbons (Fsp3) is 0.115. The first-order valence-electron chi connectivity index (χ1n) is 45.2. The number of rotatable bonds is 25. The van der Waals surface area contributed by atoms with Gasteiger partial charge in [-0.2, -0.15) is 0 Å². The third kappa shape index (κ3) is 27.9. The number of hydrogen-bond acceptors (Lipinski definition) is 24. The summed E-state index contributed by atoms with van der Waals surface area (Å²) in [7, 11) is 3.24. The second-order valence-electron chi connectivity index (χ2n) is 32.8. The number of carbonyl (C=O) groups is 5. The Morgan fingerprint density at radius 3 is 1.08 bits per heavy atom. The van der Waals surface area contributed by atoms with Gasteiger partial charge in [0.05, 0.1) is 78.1 Å². The van der Waals surface area contributed by atoms with E-state index < -0.39 is 0 Å².